The molecule has 21 heavy (non-hydrogen) atoms. The van der Waals surface area contributed by atoms with Crippen molar-refractivity contribution in [3.8, 4) is 0 Å². The lowest BCUT2D eigenvalue weighted by Gasteiger charge is -2.33. The second kappa shape index (κ2) is 5.75. The maximum Gasteiger partial charge on any atom is 0.410 e. The molecular weight excluding hydrogens is 270 g/mol. The van der Waals surface area contributed by atoms with Crippen molar-refractivity contribution in [1.29, 1.82) is 0 Å². The lowest BCUT2D eigenvalue weighted by atomic mass is 9.91. The van der Waals surface area contributed by atoms with Crippen LogP contribution >= 0.6 is 0 Å². The minimum atomic E-state index is -0.469. The molecule has 1 saturated heterocycles. The fourth-order valence-electron chi connectivity index (χ4n) is 2.43. The molecule has 0 radical (unpaired) electrons. The molecular formula is C14H23N5O2. The van der Waals surface area contributed by atoms with Gasteiger partial charge in [0.2, 0.25) is 5.95 Å². The van der Waals surface area contributed by atoms with Crippen molar-refractivity contribution >= 4 is 17.9 Å². The molecule has 0 aliphatic carbocycles. The third-order valence-electron chi connectivity index (χ3n) is 3.45. The fraction of sp³-hybridized carbons (Fsp3) is 0.643. The van der Waals surface area contributed by atoms with E-state index in [1.165, 1.54) is 0 Å². The van der Waals surface area contributed by atoms with E-state index in [2.05, 4.69) is 9.97 Å². The first-order valence-electron chi connectivity index (χ1n) is 7.12. The Hall–Kier alpha value is -2.05. The number of hydrogen-bond donors (Lipinski definition) is 2. The predicted octanol–water partition coefficient (Wildman–Crippen LogP) is 1.76. The van der Waals surface area contributed by atoms with Crippen LogP contribution in [0.15, 0.2) is 6.20 Å². The zero-order valence-electron chi connectivity index (χ0n) is 12.8. The van der Waals surface area contributed by atoms with E-state index in [1.54, 1.807) is 11.1 Å². The number of carbonyl (C=O) groups excluding carboxylic acids is 1. The number of ether oxygens (including phenoxy) is 1. The van der Waals surface area contributed by atoms with E-state index in [1.807, 2.05) is 20.8 Å². The van der Waals surface area contributed by atoms with Gasteiger partial charge in [-0.15, -0.1) is 0 Å². The smallest absolute Gasteiger partial charge is 0.410 e. The molecule has 1 aliphatic rings. The van der Waals surface area contributed by atoms with Gasteiger partial charge in [0, 0.05) is 24.8 Å². The largest absolute Gasteiger partial charge is 0.444 e. The number of likely N-dealkylation sites (tertiary alicyclic amines) is 1. The van der Waals surface area contributed by atoms with Crippen LogP contribution in [0.5, 0.6) is 0 Å². The van der Waals surface area contributed by atoms with Crippen molar-refractivity contribution in [2.24, 2.45) is 0 Å². The summed E-state index contributed by atoms with van der Waals surface area (Å²) in [5.74, 6) is 0.866. The summed E-state index contributed by atoms with van der Waals surface area (Å²) in [7, 11) is 0. The number of nitrogens with two attached hydrogens (primary N) is 2. The maximum atomic E-state index is 12.0. The molecule has 0 saturated carbocycles. The predicted molar refractivity (Wildman–Crippen MR) is 80.6 cm³/mol. The monoisotopic (exact) mass is 293 g/mol. The molecule has 116 valence electrons. The second-order valence-corrected chi connectivity index (χ2v) is 6.31. The van der Waals surface area contributed by atoms with Crippen molar-refractivity contribution in [2.75, 3.05) is 24.6 Å². The van der Waals surface area contributed by atoms with Gasteiger partial charge in [-0.05, 0) is 39.5 Å². The Labute approximate surface area is 124 Å². The van der Waals surface area contributed by atoms with Gasteiger partial charge in [0.05, 0.1) is 0 Å². The Kier molecular flexibility index (Phi) is 4.20. The first-order chi connectivity index (χ1) is 9.76. The Morgan fingerprint density at radius 3 is 2.48 bits per heavy atom. The van der Waals surface area contributed by atoms with Crippen LogP contribution in [0, 0.1) is 0 Å². The molecule has 1 amide bonds. The van der Waals surface area contributed by atoms with E-state index in [4.69, 9.17) is 16.2 Å². The van der Waals surface area contributed by atoms with E-state index in [9.17, 15) is 4.79 Å². The number of anilines is 2. The van der Waals surface area contributed by atoms with Crippen LogP contribution in [0.1, 0.15) is 45.1 Å². The third-order valence-corrected chi connectivity index (χ3v) is 3.45. The highest BCUT2D eigenvalue weighted by Gasteiger charge is 2.28. The highest BCUT2D eigenvalue weighted by atomic mass is 16.6. The normalized spacial score (nSPS) is 16.8. The highest BCUT2D eigenvalue weighted by molar-refractivity contribution is 5.68. The summed E-state index contributed by atoms with van der Waals surface area (Å²) >= 11 is 0. The van der Waals surface area contributed by atoms with Crippen LogP contribution < -0.4 is 11.5 Å². The van der Waals surface area contributed by atoms with E-state index in [0.29, 0.717) is 18.9 Å². The first-order valence-corrected chi connectivity index (χ1v) is 7.12. The molecule has 0 bridgehead atoms. The number of piperidine rings is 1. The average Bonchev–Trinajstić information content (AvgIpc) is 2.37. The molecule has 1 aliphatic heterocycles. The van der Waals surface area contributed by atoms with E-state index in [-0.39, 0.29) is 18.0 Å². The maximum absolute atomic E-state index is 12.0. The summed E-state index contributed by atoms with van der Waals surface area (Å²) in [6.45, 7) is 6.88. The Bertz CT molecular complexity index is 519. The fourth-order valence-corrected chi connectivity index (χ4v) is 2.43. The minimum absolute atomic E-state index is 0.183. The van der Waals surface area contributed by atoms with Crippen LogP contribution in [0.4, 0.5) is 16.6 Å². The topological polar surface area (TPSA) is 107 Å². The Balaban J connectivity index is 1.95. The number of nitrogens with zero attached hydrogens (tertiary/aromatic N) is 3. The lowest BCUT2D eigenvalue weighted by Crippen LogP contribution is -2.41. The lowest BCUT2D eigenvalue weighted by molar-refractivity contribution is 0.0205. The van der Waals surface area contributed by atoms with Gasteiger partial charge < -0.3 is 21.1 Å². The summed E-state index contributed by atoms with van der Waals surface area (Å²) < 4.78 is 5.38. The molecule has 1 aromatic heterocycles. The second-order valence-electron chi connectivity index (χ2n) is 6.31. The standard InChI is InChI=1S/C14H23N5O2/c1-14(2,3)21-13(20)19-6-4-9(5-7-19)10-8-17-12(16)18-11(10)15/h8-9H,4-7H2,1-3H3,(H4,15,16,17,18). The minimum Gasteiger partial charge on any atom is -0.444 e. The van der Waals surface area contributed by atoms with Crippen molar-refractivity contribution in [2.45, 2.75) is 45.1 Å². The number of rotatable bonds is 1. The number of nitrogen functional groups attached to an aromatic ring is 2. The molecule has 7 heteroatoms. The molecule has 0 aromatic carbocycles. The van der Waals surface area contributed by atoms with Gasteiger partial charge in [-0.3, -0.25) is 0 Å². The van der Waals surface area contributed by atoms with Crippen LogP contribution in [-0.2, 0) is 4.74 Å². The van der Waals surface area contributed by atoms with Gasteiger partial charge >= 0.3 is 6.09 Å². The van der Waals surface area contributed by atoms with Crippen molar-refractivity contribution < 1.29 is 9.53 Å². The number of aromatic nitrogens is 2. The van der Waals surface area contributed by atoms with Crippen LogP contribution in [0.3, 0.4) is 0 Å². The quantitative estimate of drug-likeness (QED) is 0.816. The van der Waals surface area contributed by atoms with Crippen LogP contribution in [0.2, 0.25) is 0 Å². The molecule has 2 heterocycles. The van der Waals surface area contributed by atoms with Crippen molar-refractivity contribution in [3.63, 3.8) is 0 Å². The van der Waals surface area contributed by atoms with E-state index >= 15 is 0 Å². The van der Waals surface area contributed by atoms with Gasteiger partial charge in [-0.2, -0.15) is 4.98 Å². The van der Waals surface area contributed by atoms with E-state index < -0.39 is 5.60 Å². The van der Waals surface area contributed by atoms with Crippen molar-refractivity contribution in [1.82, 2.24) is 14.9 Å². The summed E-state index contributed by atoms with van der Waals surface area (Å²) in [6, 6.07) is 0. The molecule has 0 spiro atoms. The molecule has 1 aromatic rings. The SMILES string of the molecule is CC(C)(C)OC(=O)N1CCC(c2cnc(N)nc2N)CC1. The van der Waals surface area contributed by atoms with Crippen molar-refractivity contribution in [3.05, 3.63) is 11.8 Å². The van der Waals surface area contributed by atoms with Crippen LogP contribution in [-0.4, -0.2) is 39.7 Å². The van der Waals surface area contributed by atoms with Gasteiger partial charge in [0.25, 0.3) is 0 Å². The molecule has 0 unspecified atom stereocenters. The number of amides is 1. The summed E-state index contributed by atoms with van der Waals surface area (Å²) in [6.07, 6.45) is 3.06. The van der Waals surface area contributed by atoms with Gasteiger partial charge in [0.1, 0.15) is 11.4 Å². The molecule has 1 fully saturated rings. The zero-order chi connectivity index (χ0) is 15.6. The summed E-state index contributed by atoms with van der Waals surface area (Å²) in [5, 5.41) is 0. The molecule has 2 rings (SSSR count). The molecule has 4 N–H and O–H groups in total. The van der Waals surface area contributed by atoms with E-state index in [0.717, 1.165) is 18.4 Å². The van der Waals surface area contributed by atoms with Gasteiger partial charge in [-0.1, -0.05) is 0 Å². The Morgan fingerprint density at radius 1 is 1.33 bits per heavy atom. The third kappa shape index (κ3) is 3.96. The molecule has 7 nitrogen and oxygen atoms in total. The molecule has 0 atom stereocenters. The highest BCUT2D eigenvalue weighted by Crippen LogP contribution is 2.31. The summed E-state index contributed by atoms with van der Waals surface area (Å²) in [5.41, 5.74) is 11.8. The first kappa shape index (κ1) is 15.3. The zero-order valence-corrected chi connectivity index (χ0v) is 12.8. The van der Waals surface area contributed by atoms with Gasteiger partial charge in [-0.25, -0.2) is 9.78 Å². The summed E-state index contributed by atoms with van der Waals surface area (Å²) in [4.78, 5) is 21.7. The van der Waals surface area contributed by atoms with Gasteiger partial charge in [0.15, 0.2) is 0 Å². The Morgan fingerprint density at radius 2 is 1.95 bits per heavy atom. The van der Waals surface area contributed by atoms with Crippen LogP contribution in [0.25, 0.3) is 0 Å². The average molecular weight is 293 g/mol. The number of carbonyl (C=O) groups is 1. The number of hydrogen-bond acceptors (Lipinski definition) is 6.